The molecular formula is C22H27ClN2OS. The predicted molar refractivity (Wildman–Crippen MR) is 114 cm³/mol. The van der Waals surface area contributed by atoms with Crippen LogP contribution < -0.4 is 5.32 Å². The summed E-state index contributed by atoms with van der Waals surface area (Å²) in [6.45, 7) is 7.14. The number of carbonyl (C=O) groups is 1. The molecule has 2 aromatic carbocycles. The Morgan fingerprint density at radius 2 is 1.85 bits per heavy atom. The van der Waals surface area contributed by atoms with Gasteiger partial charge < -0.3 is 5.32 Å². The summed E-state index contributed by atoms with van der Waals surface area (Å²) in [5, 5.41) is 3.77. The van der Waals surface area contributed by atoms with E-state index in [1.807, 2.05) is 31.2 Å². The number of likely N-dealkylation sites (tertiary alicyclic amines) is 1. The minimum Gasteiger partial charge on any atom is -0.352 e. The number of amides is 1. The molecule has 1 atom stereocenters. The second-order valence-corrected chi connectivity index (χ2v) is 8.97. The van der Waals surface area contributed by atoms with E-state index in [2.05, 4.69) is 41.4 Å². The quantitative estimate of drug-likeness (QED) is 0.696. The van der Waals surface area contributed by atoms with Crippen LogP contribution in [0.1, 0.15) is 30.9 Å². The van der Waals surface area contributed by atoms with Crippen molar-refractivity contribution in [2.45, 2.75) is 49.4 Å². The lowest BCUT2D eigenvalue weighted by Gasteiger charge is -2.33. The lowest BCUT2D eigenvalue weighted by atomic mass is 10.0. The summed E-state index contributed by atoms with van der Waals surface area (Å²) in [6, 6.07) is 16.5. The zero-order valence-corrected chi connectivity index (χ0v) is 17.5. The van der Waals surface area contributed by atoms with E-state index in [0.717, 1.165) is 37.4 Å². The van der Waals surface area contributed by atoms with Gasteiger partial charge in [-0.3, -0.25) is 9.69 Å². The first-order chi connectivity index (χ1) is 13.0. The number of aryl methyl sites for hydroxylation is 1. The monoisotopic (exact) mass is 402 g/mol. The van der Waals surface area contributed by atoms with Gasteiger partial charge in [0.25, 0.3) is 0 Å². The highest BCUT2D eigenvalue weighted by Gasteiger charge is 2.23. The van der Waals surface area contributed by atoms with E-state index in [-0.39, 0.29) is 17.2 Å². The van der Waals surface area contributed by atoms with E-state index in [4.69, 9.17) is 11.6 Å². The topological polar surface area (TPSA) is 32.3 Å². The Hall–Kier alpha value is -1.49. The lowest BCUT2D eigenvalue weighted by molar-refractivity contribution is -0.121. The highest BCUT2D eigenvalue weighted by molar-refractivity contribution is 8.00. The van der Waals surface area contributed by atoms with Crippen molar-refractivity contribution in [3.05, 3.63) is 64.7 Å². The fourth-order valence-electron chi connectivity index (χ4n) is 3.37. The molecule has 1 amide bonds. The fourth-order valence-corrected chi connectivity index (χ4v) is 4.53. The number of piperidine rings is 1. The van der Waals surface area contributed by atoms with Gasteiger partial charge in [-0.2, -0.15) is 0 Å². The van der Waals surface area contributed by atoms with E-state index in [0.29, 0.717) is 5.02 Å². The summed E-state index contributed by atoms with van der Waals surface area (Å²) in [6.07, 6.45) is 2.00. The van der Waals surface area contributed by atoms with Gasteiger partial charge in [0.2, 0.25) is 5.91 Å². The maximum absolute atomic E-state index is 12.6. The van der Waals surface area contributed by atoms with E-state index in [9.17, 15) is 4.79 Å². The number of nitrogens with zero attached hydrogens (tertiary/aromatic N) is 1. The third-order valence-electron chi connectivity index (χ3n) is 5.10. The fraction of sp³-hybridized carbons (Fsp3) is 0.409. The largest absolute Gasteiger partial charge is 0.352 e. The van der Waals surface area contributed by atoms with Crippen LogP contribution in [0.5, 0.6) is 0 Å². The smallest absolute Gasteiger partial charge is 0.233 e. The van der Waals surface area contributed by atoms with E-state index >= 15 is 0 Å². The molecule has 1 saturated heterocycles. The Morgan fingerprint density at radius 3 is 2.56 bits per heavy atom. The van der Waals surface area contributed by atoms with Crippen LogP contribution in [0.2, 0.25) is 5.02 Å². The Kier molecular flexibility index (Phi) is 7.22. The van der Waals surface area contributed by atoms with Crippen LogP contribution >= 0.6 is 23.4 Å². The van der Waals surface area contributed by atoms with Crippen LogP contribution in [0.25, 0.3) is 0 Å². The van der Waals surface area contributed by atoms with Gasteiger partial charge in [-0.25, -0.2) is 0 Å². The minimum atomic E-state index is -0.158. The minimum absolute atomic E-state index is 0.0947. The second-order valence-electron chi connectivity index (χ2n) is 7.18. The van der Waals surface area contributed by atoms with Crippen molar-refractivity contribution in [2.24, 2.45) is 0 Å². The number of hydrogen-bond donors (Lipinski definition) is 1. The van der Waals surface area contributed by atoms with Gasteiger partial charge in [-0.15, -0.1) is 11.8 Å². The number of nitrogens with one attached hydrogen (secondary N) is 1. The highest BCUT2D eigenvalue weighted by atomic mass is 35.5. The summed E-state index contributed by atoms with van der Waals surface area (Å²) < 4.78 is 0. The van der Waals surface area contributed by atoms with Crippen molar-refractivity contribution in [3.63, 3.8) is 0 Å². The van der Waals surface area contributed by atoms with Crippen molar-refractivity contribution in [1.82, 2.24) is 10.2 Å². The molecule has 144 valence electrons. The average Bonchev–Trinajstić information content (AvgIpc) is 2.67. The van der Waals surface area contributed by atoms with Gasteiger partial charge in [0, 0.05) is 30.6 Å². The average molecular weight is 403 g/mol. The van der Waals surface area contributed by atoms with Crippen LogP contribution in [-0.4, -0.2) is 35.2 Å². The lowest BCUT2D eigenvalue weighted by Crippen LogP contribution is -2.46. The summed E-state index contributed by atoms with van der Waals surface area (Å²) in [4.78, 5) is 16.0. The zero-order valence-electron chi connectivity index (χ0n) is 16.0. The molecule has 0 aromatic heterocycles. The Labute approximate surface area is 171 Å². The highest BCUT2D eigenvalue weighted by Crippen LogP contribution is 2.30. The summed E-state index contributed by atoms with van der Waals surface area (Å²) in [7, 11) is 0. The van der Waals surface area contributed by atoms with Crippen molar-refractivity contribution in [3.8, 4) is 0 Å². The molecule has 27 heavy (non-hydrogen) atoms. The Morgan fingerprint density at radius 1 is 1.19 bits per heavy atom. The van der Waals surface area contributed by atoms with Crippen LogP contribution in [-0.2, 0) is 11.3 Å². The number of rotatable bonds is 6. The van der Waals surface area contributed by atoms with Crippen molar-refractivity contribution < 1.29 is 4.79 Å². The standard InChI is InChI=1S/C22H27ClN2OS/c1-16-7-3-4-8-18(16)15-25-13-11-19(12-14-25)24-22(26)17(2)27-21-10-6-5-9-20(21)23/h3-10,17,19H,11-15H2,1-2H3,(H,24,26). The number of benzene rings is 2. The molecule has 5 heteroatoms. The number of carbonyl (C=O) groups excluding carboxylic acids is 1. The number of halogens is 1. The first-order valence-corrected chi connectivity index (χ1v) is 10.8. The van der Waals surface area contributed by atoms with Crippen LogP contribution in [0.3, 0.4) is 0 Å². The molecular weight excluding hydrogens is 376 g/mol. The molecule has 0 bridgehead atoms. The van der Waals surface area contributed by atoms with Gasteiger partial charge in [0.15, 0.2) is 0 Å². The van der Waals surface area contributed by atoms with E-state index in [1.54, 1.807) is 0 Å². The molecule has 3 nitrogen and oxygen atoms in total. The summed E-state index contributed by atoms with van der Waals surface area (Å²) in [5.74, 6) is 0.0947. The van der Waals surface area contributed by atoms with Gasteiger partial charge in [0.1, 0.15) is 0 Å². The van der Waals surface area contributed by atoms with Crippen LogP contribution in [0.4, 0.5) is 0 Å². The molecule has 1 heterocycles. The first-order valence-electron chi connectivity index (χ1n) is 9.51. The third kappa shape index (κ3) is 5.74. The number of hydrogen-bond acceptors (Lipinski definition) is 3. The second kappa shape index (κ2) is 9.63. The van der Waals surface area contributed by atoms with Crippen molar-refractivity contribution in [1.29, 1.82) is 0 Å². The normalized spacial score (nSPS) is 16.9. The maximum atomic E-state index is 12.6. The Balaban J connectivity index is 1.45. The first kappa shape index (κ1) is 20.2. The SMILES string of the molecule is Cc1ccccc1CN1CCC(NC(=O)C(C)Sc2ccccc2Cl)CC1. The van der Waals surface area contributed by atoms with Crippen LogP contribution in [0.15, 0.2) is 53.4 Å². The molecule has 1 aliphatic heterocycles. The van der Waals surface area contributed by atoms with Gasteiger partial charge in [-0.1, -0.05) is 48.0 Å². The number of thioether (sulfide) groups is 1. The summed E-state index contributed by atoms with van der Waals surface area (Å²) in [5.41, 5.74) is 2.74. The molecule has 0 spiro atoms. The van der Waals surface area contributed by atoms with Crippen molar-refractivity contribution in [2.75, 3.05) is 13.1 Å². The third-order valence-corrected chi connectivity index (χ3v) is 6.72. The van der Waals surface area contributed by atoms with Gasteiger partial charge in [0.05, 0.1) is 10.3 Å². The molecule has 1 N–H and O–H groups in total. The molecule has 1 unspecified atom stereocenters. The molecule has 1 fully saturated rings. The molecule has 3 rings (SSSR count). The van der Waals surface area contributed by atoms with E-state index in [1.165, 1.54) is 22.9 Å². The van der Waals surface area contributed by atoms with Gasteiger partial charge >= 0.3 is 0 Å². The molecule has 0 saturated carbocycles. The zero-order chi connectivity index (χ0) is 19.2. The van der Waals surface area contributed by atoms with Crippen LogP contribution in [0, 0.1) is 6.92 Å². The van der Waals surface area contributed by atoms with Gasteiger partial charge in [-0.05, 0) is 49.9 Å². The molecule has 1 aliphatic rings. The summed E-state index contributed by atoms with van der Waals surface area (Å²) >= 11 is 7.72. The predicted octanol–water partition coefficient (Wildman–Crippen LogP) is 4.91. The molecule has 2 aromatic rings. The van der Waals surface area contributed by atoms with E-state index < -0.39 is 0 Å². The molecule has 0 radical (unpaired) electrons. The molecule has 0 aliphatic carbocycles. The Bertz CT molecular complexity index is 774. The maximum Gasteiger partial charge on any atom is 0.233 e. The van der Waals surface area contributed by atoms with Crippen molar-refractivity contribution >= 4 is 29.3 Å².